The minimum atomic E-state index is -3.75. The molecule has 1 saturated carbocycles. The van der Waals surface area contributed by atoms with Crippen molar-refractivity contribution < 1.29 is 56.0 Å². The van der Waals surface area contributed by atoms with Gasteiger partial charge in [0.25, 0.3) is 11.7 Å². The number of anilines is 1. The average Bonchev–Trinajstić information content (AvgIpc) is 3.90. The number of aliphatic carboxylic acids is 1. The highest BCUT2D eigenvalue weighted by Gasteiger charge is 2.33. The molecular weight excluding hydrogens is 699 g/mol. The maximum Gasteiger partial charge on any atom is 0.376 e. The summed E-state index contributed by atoms with van der Waals surface area (Å²) in [7, 11) is -2.24. The van der Waals surface area contributed by atoms with Crippen LogP contribution in [0.4, 0.5) is 10.1 Å². The highest BCUT2D eigenvalue weighted by atomic mass is 32.2. The van der Waals surface area contributed by atoms with Crippen LogP contribution in [0.15, 0.2) is 71.2 Å². The maximum absolute atomic E-state index is 13.7. The number of aliphatic hydroxyl groups excluding tert-OH is 1. The number of carbonyl (C=O) groups excluding carboxylic acids is 2. The Balaban J connectivity index is 1.14. The number of carboxylic acid groups (broad SMARTS) is 1. The molecule has 0 spiro atoms. The number of furan rings is 1. The van der Waals surface area contributed by atoms with Crippen molar-refractivity contribution in [2.75, 3.05) is 57.2 Å². The number of fused-ring (bicyclic) bond motifs is 1. The fourth-order valence-electron chi connectivity index (χ4n) is 5.52. The third kappa shape index (κ3) is 9.61. The van der Waals surface area contributed by atoms with Gasteiger partial charge in [0.2, 0.25) is 10.0 Å². The number of carboxylic acids is 1. The van der Waals surface area contributed by atoms with E-state index in [2.05, 4.69) is 5.32 Å². The van der Waals surface area contributed by atoms with Crippen LogP contribution >= 0.6 is 0 Å². The highest BCUT2D eigenvalue weighted by molar-refractivity contribution is 7.92. The van der Waals surface area contributed by atoms with Gasteiger partial charge in [0.1, 0.15) is 22.9 Å². The number of halogens is 1. The van der Waals surface area contributed by atoms with Gasteiger partial charge in [0.05, 0.1) is 63.7 Å². The number of nitrogens with zero attached hydrogens (tertiary/aromatic N) is 1. The van der Waals surface area contributed by atoms with Crippen LogP contribution in [0.5, 0.6) is 0 Å². The molecule has 1 aliphatic carbocycles. The van der Waals surface area contributed by atoms with Gasteiger partial charge in [-0.2, -0.15) is 0 Å². The first-order valence-corrected chi connectivity index (χ1v) is 18.3. The summed E-state index contributed by atoms with van der Waals surface area (Å²) >= 11 is 0. The van der Waals surface area contributed by atoms with E-state index in [9.17, 15) is 32.3 Å². The van der Waals surface area contributed by atoms with Crippen molar-refractivity contribution in [1.29, 1.82) is 0 Å². The second-order valence-electron chi connectivity index (χ2n) is 12.1. The van der Waals surface area contributed by atoms with Crippen LogP contribution in [-0.4, -0.2) is 89.2 Å². The zero-order chi connectivity index (χ0) is 37.4. The van der Waals surface area contributed by atoms with Crippen molar-refractivity contribution in [1.82, 2.24) is 5.32 Å². The van der Waals surface area contributed by atoms with Crippen molar-refractivity contribution >= 4 is 50.1 Å². The topological polar surface area (TPSA) is 182 Å². The molecular formula is C37H39FN2O11S. The van der Waals surface area contributed by atoms with Gasteiger partial charge in [-0.3, -0.25) is 13.9 Å². The van der Waals surface area contributed by atoms with Crippen molar-refractivity contribution in [3.05, 3.63) is 94.8 Å². The van der Waals surface area contributed by atoms with Crippen molar-refractivity contribution in [2.45, 2.75) is 25.4 Å². The van der Waals surface area contributed by atoms with E-state index in [1.807, 2.05) is 6.07 Å². The first-order valence-electron chi connectivity index (χ1n) is 16.4. The molecule has 0 saturated heterocycles. The number of nitrogens with one attached hydrogen (secondary N) is 1. The molecule has 0 atom stereocenters. The summed E-state index contributed by atoms with van der Waals surface area (Å²) < 4.78 is 64.1. The molecule has 1 fully saturated rings. The fraction of sp³-hybridized carbons (Fsp3) is 0.324. The molecule has 0 radical (unpaired) electrons. The van der Waals surface area contributed by atoms with Gasteiger partial charge in [-0.1, -0.05) is 24.3 Å². The molecule has 1 heterocycles. The molecule has 0 aliphatic heterocycles. The van der Waals surface area contributed by atoms with Gasteiger partial charge in [-0.25, -0.2) is 17.6 Å². The summed E-state index contributed by atoms with van der Waals surface area (Å²) in [5, 5.41) is 21.7. The number of hydrogen-bond donors (Lipinski definition) is 3. The molecule has 15 heteroatoms. The SMILES string of the molecule is CNC(=O)c1c(-c2ccc(F)cc2)oc2cc(N(CCOCCOCCOCc3ccc(/C(O)=C/C(=O)C(=O)O)cc3)S(C)(=O)=O)c(C3CC3)cc12. The normalized spacial score (nSPS) is 13.3. The number of amides is 1. The van der Waals surface area contributed by atoms with Crippen LogP contribution in [0.3, 0.4) is 0 Å². The van der Waals surface area contributed by atoms with E-state index < -0.39 is 33.4 Å². The molecule has 13 nitrogen and oxygen atoms in total. The average molecular weight is 739 g/mol. The summed E-state index contributed by atoms with van der Waals surface area (Å²) in [4.78, 5) is 34.9. The Bertz CT molecular complexity index is 2060. The predicted octanol–water partition coefficient (Wildman–Crippen LogP) is 5.04. The molecule has 4 aromatic rings. The summed E-state index contributed by atoms with van der Waals surface area (Å²) in [5.41, 5.74) is 3.43. The van der Waals surface area contributed by atoms with Crippen molar-refractivity contribution in [3.8, 4) is 11.3 Å². The Hall–Kier alpha value is -5.09. The molecule has 52 heavy (non-hydrogen) atoms. The first kappa shape index (κ1) is 38.1. The molecule has 1 amide bonds. The van der Waals surface area contributed by atoms with Crippen LogP contribution in [0.25, 0.3) is 28.1 Å². The lowest BCUT2D eigenvalue weighted by atomic mass is 10.0. The third-order valence-corrected chi connectivity index (χ3v) is 9.44. The monoisotopic (exact) mass is 738 g/mol. The molecule has 3 N–H and O–H groups in total. The summed E-state index contributed by atoms with van der Waals surface area (Å²) in [6.07, 6.45) is 3.51. The van der Waals surface area contributed by atoms with Crippen LogP contribution < -0.4 is 9.62 Å². The van der Waals surface area contributed by atoms with Gasteiger partial charge >= 0.3 is 5.97 Å². The molecule has 0 bridgehead atoms. The Morgan fingerprint density at radius 3 is 2.17 bits per heavy atom. The lowest BCUT2D eigenvalue weighted by Crippen LogP contribution is -2.34. The number of ether oxygens (including phenoxy) is 3. The molecule has 0 unspecified atom stereocenters. The van der Waals surface area contributed by atoms with Gasteiger partial charge < -0.3 is 34.2 Å². The zero-order valence-electron chi connectivity index (χ0n) is 28.6. The van der Waals surface area contributed by atoms with E-state index in [1.54, 1.807) is 18.2 Å². The molecule has 3 aromatic carbocycles. The van der Waals surface area contributed by atoms with E-state index in [0.29, 0.717) is 28.3 Å². The van der Waals surface area contributed by atoms with Crippen LogP contribution in [-0.2, 0) is 40.4 Å². The summed E-state index contributed by atoms with van der Waals surface area (Å²) in [6.45, 7) is 1.40. The fourth-order valence-corrected chi connectivity index (χ4v) is 6.45. The Kier molecular flexibility index (Phi) is 12.4. The van der Waals surface area contributed by atoms with Crippen LogP contribution in [0.2, 0.25) is 0 Å². The number of carbonyl (C=O) groups is 3. The first-order chi connectivity index (χ1) is 24.9. The number of hydrogen-bond acceptors (Lipinski definition) is 10. The predicted molar refractivity (Wildman–Crippen MR) is 190 cm³/mol. The van der Waals surface area contributed by atoms with Gasteiger partial charge in [0, 0.05) is 35.7 Å². The van der Waals surface area contributed by atoms with Crippen molar-refractivity contribution in [2.24, 2.45) is 0 Å². The number of benzene rings is 3. The number of rotatable bonds is 19. The lowest BCUT2D eigenvalue weighted by molar-refractivity contribution is -0.146. The minimum Gasteiger partial charge on any atom is -0.507 e. The number of ketones is 1. The maximum atomic E-state index is 13.7. The lowest BCUT2D eigenvalue weighted by Gasteiger charge is -2.25. The molecule has 1 aromatic heterocycles. The van der Waals surface area contributed by atoms with Crippen molar-refractivity contribution in [3.63, 3.8) is 0 Å². The largest absolute Gasteiger partial charge is 0.507 e. The quantitative estimate of drug-likeness (QED) is 0.0507. The summed E-state index contributed by atoms with van der Waals surface area (Å²) in [6, 6.07) is 15.5. The summed E-state index contributed by atoms with van der Waals surface area (Å²) in [5.74, 6) is -3.77. The smallest absolute Gasteiger partial charge is 0.376 e. The molecule has 5 rings (SSSR count). The van der Waals surface area contributed by atoms with E-state index in [0.717, 1.165) is 30.2 Å². The minimum absolute atomic E-state index is 0.0310. The van der Waals surface area contributed by atoms with E-state index in [4.69, 9.17) is 23.7 Å². The molecule has 1 aliphatic rings. The van der Waals surface area contributed by atoms with Crippen LogP contribution in [0.1, 0.15) is 45.8 Å². The second kappa shape index (κ2) is 17.0. The Labute approximate surface area is 299 Å². The van der Waals surface area contributed by atoms with Gasteiger partial charge in [-0.15, -0.1) is 0 Å². The standard InChI is InChI=1S/C37H39FN2O11S/c1-39-36(43)34-29-19-28(24-7-8-24)30(20-33(29)51-35(34)26-9-11-27(38)12-10-26)40(52(2,46)47)13-14-48-15-16-49-17-18-50-22-23-3-5-25(6-4-23)31(41)21-32(42)37(44)45/h3-6,9-12,19-21,24,41H,7-8,13-18,22H2,1-2H3,(H,39,43)(H,44,45)/b31-21-. The van der Waals surface area contributed by atoms with E-state index >= 15 is 0 Å². The Morgan fingerprint density at radius 1 is 0.942 bits per heavy atom. The third-order valence-electron chi connectivity index (χ3n) is 8.26. The Morgan fingerprint density at radius 2 is 1.58 bits per heavy atom. The number of sulfonamides is 1. The zero-order valence-corrected chi connectivity index (χ0v) is 29.4. The second-order valence-corrected chi connectivity index (χ2v) is 14.0. The highest BCUT2D eigenvalue weighted by Crippen LogP contribution is 2.48. The van der Waals surface area contributed by atoms with E-state index in [1.165, 1.54) is 47.8 Å². The van der Waals surface area contributed by atoms with Crippen LogP contribution in [0, 0.1) is 5.82 Å². The number of aliphatic hydroxyl groups is 1. The molecule has 276 valence electrons. The van der Waals surface area contributed by atoms with Gasteiger partial charge in [0.15, 0.2) is 0 Å². The van der Waals surface area contributed by atoms with Gasteiger partial charge in [-0.05, 0) is 60.2 Å². The van der Waals surface area contributed by atoms with E-state index in [-0.39, 0.29) is 74.9 Å².